The second kappa shape index (κ2) is 3.60. The van der Waals surface area contributed by atoms with E-state index in [0.717, 1.165) is 23.7 Å². The van der Waals surface area contributed by atoms with Crippen LogP contribution in [0.1, 0.15) is 47.0 Å². The van der Waals surface area contributed by atoms with Crippen LogP contribution < -0.4 is 0 Å². The molecule has 1 aliphatic rings. The Balaban J connectivity index is 2.44. The maximum atomic E-state index is 2.43. The van der Waals surface area contributed by atoms with Crippen LogP contribution in [0.3, 0.4) is 0 Å². The van der Waals surface area contributed by atoms with Gasteiger partial charge in [-0.3, -0.25) is 0 Å². The Kier molecular flexibility index (Phi) is 2.98. The lowest BCUT2D eigenvalue weighted by molar-refractivity contribution is 0.158. The molecule has 1 saturated carbocycles. The van der Waals surface area contributed by atoms with Crippen molar-refractivity contribution in [3.8, 4) is 0 Å². The fraction of sp³-hybridized carbons (Fsp3) is 1.00. The molecule has 0 amide bonds. The minimum absolute atomic E-state index is 0.900. The van der Waals surface area contributed by atoms with Crippen molar-refractivity contribution in [1.82, 2.24) is 0 Å². The molecule has 0 aliphatic heterocycles. The molecule has 11 heavy (non-hydrogen) atoms. The summed E-state index contributed by atoms with van der Waals surface area (Å²) in [6.45, 7) is 9.57. The highest BCUT2D eigenvalue weighted by molar-refractivity contribution is 4.77. The summed E-state index contributed by atoms with van der Waals surface area (Å²) in [6.07, 6.45) is 4.40. The van der Waals surface area contributed by atoms with E-state index in [2.05, 4.69) is 27.7 Å². The second-order valence-electron chi connectivity index (χ2n) is 4.80. The van der Waals surface area contributed by atoms with Gasteiger partial charge in [-0.2, -0.15) is 0 Å². The maximum absolute atomic E-state index is 2.43. The molecule has 0 spiro atoms. The molecule has 0 bridgehead atoms. The molecule has 0 heteroatoms. The van der Waals surface area contributed by atoms with Crippen LogP contribution in [0.5, 0.6) is 0 Å². The molecule has 0 aromatic rings. The summed E-state index contributed by atoms with van der Waals surface area (Å²) in [4.78, 5) is 0. The third-order valence-electron chi connectivity index (χ3n) is 3.35. The summed E-state index contributed by atoms with van der Waals surface area (Å²) < 4.78 is 0. The van der Waals surface area contributed by atoms with Gasteiger partial charge in [-0.15, -0.1) is 0 Å². The van der Waals surface area contributed by atoms with E-state index in [-0.39, 0.29) is 0 Å². The van der Waals surface area contributed by atoms with Crippen LogP contribution in [0.15, 0.2) is 0 Å². The SMILES string of the molecule is CC1CC[C@H](C(C)C)[C@H](C)C1. The fourth-order valence-electron chi connectivity index (χ4n) is 2.68. The first-order valence-corrected chi connectivity index (χ1v) is 5.11. The van der Waals surface area contributed by atoms with Gasteiger partial charge in [0.15, 0.2) is 0 Å². The van der Waals surface area contributed by atoms with Crippen molar-refractivity contribution in [2.75, 3.05) is 0 Å². The van der Waals surface area contributed by atoms with E-state index in [0.29, 0.717) is 0 Å². The Hall–Kier alpha value is 0. The largest absolute Gasteiger partial charge is 0.0625 e. The summed E-state index contributed by atoms with van der Waals surface area (Å²) in [7, 11) is 0. The van der Waals surface area contributed by atoms with E-state index < -0.39 is 0 Å². The first-order chi connectivity index (χ1) is 5.11. The van der Waals surface area contributed by atoms with Gasteiger partial charge in [-0.1, -0.05) is 34.1 Å². The first-order valence-electron chi connectivity index (χ1n) is 5.11. The molecule has 0 N–H and O–H groups in total. The molecule has 0 heterocycles. The van der Waals surface area contributed by atoms with E-state index in [4.69, 9.17) is 0 Å². The summed E-state index contributed by atoms with van der Waals surface area (Å²) in [6, 6.07) is 0. The van der Waals surface area contributed by atoms with Gasteiger partial charge >= 0.3 is 0 Å². The summed E-state index contributed by atoms with van der Waals surface area (Å²) >= 11 is 0. The van der Waals surface area contributed by atoms with Crippen LogP contribution in [-0.4, -0.2) is 0 Å². The van der Waals surface area contributed by atoms with E-state index >= 15 is 0 Å². The summed E-state index contributed by atoms with van der Waals surface area (Å²) in [5.41, 5.74) is 0. The van der Waals surface area contributed by atoms with Crippen molar-refractivity contribution in [1.29, 1.82) is 0 Å². The number of hydrogen-bond acceptors (Lipinski definition) is 0. The monoisotopic (exact) mass is 154 g/mol. The number of rotatable bonds is 1. The van der Waals surface area contributed by atoms with Gasteiger partial charge in [0, 0.05) is 0 Å². The molecule has 0 aromatic carbocycles. The highest BCUT2D eigenvalue weighted by Gasteiger charge is 2.26. The lowest BCUT2D eigenvalue weighted by atomic mass is 9.71. The lowest BCUT2D eigenvalue weighted by Crippen LogP contribution is -2.25. The molecule has 0 aromatic heterocycles. The third kappa shape index (κ3) is 2.21. The van der Waals surface area contributed by atoms with Crippen molar-refractivity contribution in [2.45, 2.75) is 47.0 Å². The van der Waals surface area contributed by atoms with Crippen molar-refractivity contribution < 1.29 is 0 Å². The third-order valence-corrected chi connectivity index (χ3v) is 3.35. The van der Waals surface area contributed by atoms with E-state index in [1.165, 1.54) is 19.3 Å². The van der Waals surface area contributed by atoms with Crippen LogP contribution in [0.25, 0.3) is 0 Å². The van der Waals surface area contributed by atoms with Gasteiger partial charge in [0.25, 0.3) is 0 Å². The van der Waals surface area contributed by atoms with Gasteiger partial charge < -0.3 is 0 Å². The average molecular weight is 154 g/mol. The lowest BCUT2D eigenvalue weighted by Gasteiger charge is -2.35. The Bertz CT molecular complexity index is 115. The number of hydrogen-bond donors (Lipinski definition) is 0. The smallest absolute Gasteiger partial charge is 0.0365 e. The molecule has 0 saturated heterocycles. The first kappa shape index (κ1) is 9.09. The summed E-state index contributed by atoms with van der Waals surface area (Å²) in [5.74, 6) is 3.86. The van der Waals surface area contributed by atoms with Crippen LogP contribution in [0, 0.1) is 23.7 Å². The second-order valence-corrected chi connectivity index (χ2v) is 4.80. The molecular weight excluding hydrogens is 132 g/mol. The molecular formula is C11H22. The van der Waals surface area contributed by atoms with Crippen molar-refractivity contribution in [2.24, 2.45) is 23.7 Å². The highest BCUT2D eigenvalue weighted by Crippen LogP contribution is 2.37. The fourth-order valence-corrected chi connectivity index (χ4v) is 2.68. The average Bonchev–Trinajstić information content (AvgIpc) is 1.85. The van der Waals surface area contributed by atoms with Crippen LogP contribution in [0.4, 0.5) is 0 Å². The van der Waals surface area contributed by atoms with Crippen molar-refractivity contribution >= 4 is 0 Å². The molecule has 0 nitrogen and oxygen atoms in total. The Labute approximate surface area is 71.4 Å². The van der Waals surface area contributed by atoms with Crippen LogP contribution in [-0.2, 0) is 0 Å². The van der Waals surface area contributed by atoms with Gasteiger partial charge in [0.2, 0.25) is 0 Å². The predicted octanol–water partition coefficient (Wildman–Crippen LogP) is 3.71. The van der Waals surface area contributed by atoms with Crippen molar-refractivity contribution in [3.05, 3.63) is 0 Å². The van der Waals surface area contributed by atoms with Crippen molar-refractivity contribution in [3.63, 3.8) is 0 Å². The standard InChI is InChI=1S/C11H22/c1-8(2)11-6-5-9(3)7-10(11)4/h8-11H,5-7H2,1-4H3/t9?,10-,11-/m1/s1. The van der Waals surface area contributed by atoms with Crippen LogP contribution in [0.2, 0.25) is 0 Å². The Morgan fingerprint density at radius 1 is 1.09 bits per heavy atom. The molecule has 1 unspecified atom stereocenters. The topological polar surface area (TPSA) is 0 Å². The van der Waals surface area contributed by atoms with E-state index in [9.17, 15) is 0 Å². The van der Waals surface area contributed by atoms with Crippen LogP contribution >= 0.6 is 0 Å². The Morgan fingerprint density at radius 3 is 2.18 bits per heavy atom. The molecule has 1 aliphatic carbocycles. The van der Waals surface area contributed by atoms with Gasteiger partial charge in [0.05, 0.1) is 0 Å². The molecule has 1 fully saturated rings. The Morgan fingerprint density at radius 2 is 1.73 bits per heavy atom. The molecule has 0 radical (unpaired) electrons. The predicted molar refractivity (Wildman–Crippen MR) is 50.5 cm³/mol. The summed E-state index contributed by atoms with van der Waals surface area (Å²) in [5, 5.41) is 0. The quantitative estimate of drug-likeness (QED) is 0.540. The zero-order valence-electron chi connectivity index (χ0n) is 8.43. The minimum Gasteiger partial charge on any atom is -0.0625 e. The van der Waals surface area contributed by atoms with Gasteiger partial charge in [0.1, 0.15) is 0 Å². The van der Waals surface area contributed by atoms with Gasteiger partial charge in [-0.25, -0.2) is 0 Å². The van der Waals surface area contributed by atoms with Gasteiger partial charge in [-0.05, 0) is 36.5 Å². The zero-order chi connectivity index (χ0) is 8.43. The van der Waals surface area contributed by atoms with E-state index in [1.54, 1.807) is 0 Å². The normalized spacial score (nSPS) is 39.5. The van der Waals surface area contributed by atoms with E-state index in [1.807, 2.05) is 0 Å². The minimum atomic E-state index is 0.900. The molecule has 3 atom stereocenters. The molecule has 1 rings (SSSR count). The zero-order valence-corrected chi connectivity index (χ0v) is 8.43. The molecule has 66 valence electrons. The maximum Gasteiger partial charge on any atom is -0.0365 e. The highest BCUT2D eigenvalue weighted by atomic mass is 14.3.